The Morgan fingerprint density at radius 1 is 0.727 bits per heavy atom. The van der Waals surface area contributed by atoms with Gasteiger partial charge in [-0.25, -0.2) is 9.59 Å². The summed E-state index contributed by atoms with van der Waals surface area (Å²) < 4.78 is 5.78. The van der Waals surface area contributed by atoms with Crippen LogP contribution in [-0.2, 0) is 9.59 Å². The second-order valence-electron chi connectivity index (χ2n) is 7.57. The van der Waals surface area contributed by atoms with Crippen LogP contribution in [-0.4, -0.2) is 28.1 Å². The van der Waals surface area contributed by atoms with E-state index in [2.05, 4.69) is 5.32 Å². The predicted molar refractivity (Wildman–Crippen MR) is 122 cm³/mol. The van der Waals surface area contributed by atoms with Crippen LogP contribution < -0.4 is 10.1 Å². The van der Waals surface area contributed by atoms with Crippen LogP contribution in [0.3, 0.4) is 0 Å². The maximum absolute atomic E-state index is 12.6. The first-order valence-electron chi connectivity index (χ1n) is 10.4. The van der Waals surface area contributed by atoms with Gasteiger partial charge in [-0.2, -0.15) is 0 Å². The van der Waals surface area contributed by atoms with E-state index in [4.69, 9.17) is 4.74 Å². The summed E-state index contributed by atoms with van der Waals surface area (Å²) in [6, 6.07) is 21.3. The van der Waals surface area contributed by atoms with E-state index in [0.717, 1.165) is 5.56 Å². The molecule has 0 atom stereocenters. The SMILES string of the molecule is O=C(O)C1=C(C(=O)Nc2ccc(-c3ccc(Oc4ccccc4)cc3)cc2C(=O)O)CCC1. The van der Waals surface area contributed by atoms with Gasteiger partial charge in [-0.15, -0.1) is 0 Å². The van der Waals surface area contributed by atoms with E-state index < -0.39 is 17.8 Å². The molecule has 33 heavy (non-hydrogen) atoms. The summed E-state index contributed by atoms with van der Waals surface area (Å²) >= 11 is 0. The first-order valence-corrected chi connectivity index (χ1v) is 10.4. The minimum atomic E-state index is -1.20. The summed E-state index contributed by atoms with van der Waals surface area (Å²) in [5.74, 6) is -1.54. The van der Waals surface area contributed by atoms with Gasteiger partial charge in [-0.1, -0.05) is 36.4 Å². The number of amides is 1. The summed E-state index contributed by atoms with van der Waals surface area (Å²) in [7, 11) is 0. The largest absolute Gasteiger partial charge is 0.478 e. The standard InChI is InChI=1S/C26H21NO6/c28-24(20-7-4-8-21(20)25(29)30)27-23-14-11-17(15-22(23)26(31)32)16-9-12-19(13-10-16)33-18-5-2-1-3-6-18/h1-3,5-6,9-15H,4,7-8H2,(H,27,28)(H,29,30)(H,31,32). The monoisotopic (exact) mass is 443 g/mol. The molecule has 1 aliphatic carbocycles. The van der Waals surface area contributed by atoms with Gasteiger partial charge in [0.2, 0.25) is 0 Å². The molecule has 0 radical (unpaired) electrons. The van der Waals surface area contributed by atoms with Crippen molar-refractivity contribution in [3.05, 3.63) is 89.5 Å². The fourth-order valence-corrected chi connectivity index (χ4v) is 3.78. The van der Waals surface area contributed by atoms with E-state index in [1.807, 2.05) is 42.5 Å². The molecule has 0 aromatic heterocycles. The van der Waals surface area contributed by atoms with Crippen molar-refractivity contribution in [1.29, 1.82) is 0 Å². The average molecular weight is 443 g/mol. The quantitative estimate of drug-likeness (QED) is 0.454. The van der Waals surface area contributed by atoms with Crippen LogP contribution in [0, 0.1) is 0 Å². The number of benzene rings is 3. The molecule has 0 fully saturated rings. The summed E-state index contributed by atoms with van der Waals surface area (Å²) in [6.07, 6.45) is 1.26. The van der Waals surface area contributed by atoms with Crippen LogP contribution in [0.25, 0.3) is 11.1 Å². The number of carbonyl (C=O) groups excluding carboxylic acids is 1. The fourth-order valence-electron chi connectivity index (χ4n) is 3.78. The van der Waals surface area contributed by atoms with Crippen molar-refractivity contribution in [3.63, 3.8) is 0 Å². The lowest BCUT2D eigenvalue weighted by Crippen LogP contribution is -2.18. The van der Waals surface area contributed by atoms with Crippen LogP contribution in [0.2, 0.25) is 0 Å². The Labute approximate surface area is 190 Å². The van der Waals surface area contributed by atoms with Crippen molar-refractivity contribution in [2.75, 3.05) is 5.32 Å². The van der Waals surface area contributed by atoms with Crippen molar-refractivity contribution < 1.29 is 29.3 Å². The molecule has 0 bridgehead atoms. The fraction of sp³-hybridized carbons (Fsp3) is 0.115. The van der Waals surface area contributed by atoms with Gasteiger partial charge >= 0.3 is 11.9 Å². The van der Waals surface area contributed by atoms with Crippen molar-refractivity contribution in [2.24, 2.45) is 0 Å². The number of para-hydroxylation sites is 1. The lowest BCUT2D eigenvalue weighted by atomic mass is 10.0. The van der Waals surface area contributed by atoms with Crippen molar-refractivity contribution in [1.82, 2.24) is 0 Å². The summed E-state index contributed by atoms with van der Waals surface area (Å²) in [4.78, 5) is 35.8. The van der Waals surface area contributed by atoms with Crippen LogP contribution in [0.15, 0.2) is 83.9 Å². The number of anilines is 1. The van der Waals surface area contributed by atoms with Gasteiger partial charge in [0.05, 0.1) is 11.3 Å². The Morgan fingerprint density at radius 3 is 2.03 bits per heavy atom. The molecule has 0 heterocycles. The third-order valence-electron chi connectivity index (χ3n) is 5.41. The molecular formula is C26H21NO6. The number of rotatable bonds is 7. The first kappa shape index (κ1) is 21.8. The Balaban J connectivity index is 1.56. The van der Waals surface area contributed by atoms with Crippen LogP contribution in [0.5, 0.6) is 11.5 Å². The van der Waals surface area contributed by atoms with Gasteiger partial charge in [0.25, 0.3) is 5.91 Å². The maximum atomic E-state index is 12.6. The Hall–Kier alpha value is -4.39. The number of ether oxygens (including phenoxy) is 1. The van der Waals surface area contributed by atoms with E-state index in [1.54, 1.807) is 18.2 Å². The summed E-state index contributed by atoms with van der Waals surface area (Å²) in [6.45, 7) is 0. The molecule has 1 amide bonds. The van der Waals surface area contributed by atoms with Gasteiger partial charge in [0.1, 0.15) is 11.5 Å². The minimum Gasteiger partial charge on any atom is -0.478 e. The van der Waals surface area contributed by atoms with E-state index in [0.29, 0.717) is 36.3 Å². The lowest BCUT2D eigenvalue weighted by Gasteiger charge is -2.12. The van der Waals surface area contributed by atoms with Crippen LogP contribution in [0.1, 0.15) is 29.6 Å². The third kappa shape index (κ3) is 4.93. The molecule has 0 unspecified atom stereocenters. The second kappa shape index (κ2) is 9.40. The number of carboxylic acid groups (broad SMARTS) is 2. The molecule has 0 saturated heterocycles. The molecular weight excluding hydrogens is 422 g/mol. The summed E-state index contributed by atoms with van der Waals surface area (Å²) in [5.41, 5.74) is 1.74. The van der Waals surface area contributed by atoms with Crippen LogP contribution in [0.4, 0.5) is 5.69 Å². The van der Waals surface area contributed by atoms with Crippen molar-refractivity contribution in [2.45, 2.75) is 19.3 Å². The highest BCUT2D eigenvalue weighted by atomic mass is 16.5. The molecule has 7 heteroatoms. The molecule has 7 nitrogen and oxygen atoms in total. The number of carboxylic acids is 2. The van der Waals surface area contributed by atoms with Crippen molar-refractivity contribution in [3.8, 4) is 22.6 Å². The number of carbonyl (C=O) groups is 3. The summed E-state index contributed by atoms with van der Waals surface area (Å²) in [5, 5.41) is 21.5. The molecule has 0 aliphatic heterocycles. The highest BCUT2D eigenvalue weighted by Gasteiger charge is 2.26. The third-order valence-corrected chi connectivity index (χ3v) is 5.41. The van der Waals surface area contributed by atoms with Gasteiger partial charge in [-0.05, 0) is 66.8 Å². The molecule has 1 aliphatic rings. The van der Waals surface area contributed by atoms with Gasteiger partial charge in [-0.3, -0.25) is 4.79 Å². The molecule has 166 valence electrons. The average Bonchev–Trinajstić information content (AvgIpc) is 3.31. The number of nitrogens with one attached hydrogen (secondary N) is 1. The van der Waals surface area contributed by atoms with Gasteiger partial charge < -0.3 is 20.3 Å². The highest BCUT2D eigenvalue weighted by Crippen LogP contribution is 2.31. The second-order valence-corrected chi connectivity index (χ2v) is 7.57. The number of hydrogen-bond acceptors (Lipinski definition) is 4. The molecule has 4 rings (SSSR count). The number of hydrogen-bond donors (Lipinski definition) is 3. The molecule has 3 aromatic rings. The maximum Gasteiger partial charge on any atom is 0.337 e. The molecule has 3 aromatic carbocycles. The van der Waals surface area contributed by atoms with Crippen molar-refractivity contribution >= 4 is 23.5 Å². The Bertz CT molecular complexity index is 1250. The van der Waals surface area contributed by atoms with Gasteiger partial charge in [0, 0.05) is 11.1 Å². The van der Waals surface area contributed by atoms with Crippen LogP contribution >= 0.6 is 0 Å². The Kier molecular flexibility index (Phi) is 6.22. The first-order chi connectivity index (χ1) is 15.9. The minimum absolute atomic E-state index is 0.0822. The highest BCUT2D eigenvalue weighted by molar-refractivity contribution is 6.11. The number of aromatic carboxylic acids is 1. The van der Waals surface area contributed by atoms with Gasteiger partial charge in [0.15, 0.2) is 0 Å². The van der Waals surface area contributed by atoms with E-state index in [9.17, 15) is 24.6 Å². The van der Waals surface area contributed by atoms with E-state index in [1.165, 1.54) is 12.1 Å². The normalized spacial score (nSPS) is 13.0. The molecule has 0 saturated carbocycles. The molecule has 0 spiro atoms. The topological polar surface area (TPSA) is 113 Å². The molecule has 3 N–H and O–H groups in total. The van der Waals surface area contributed by atoms with E-state index >= 15 is 0 Å². The predicted octanol–water partition coefficient (Wildman–Crippen LogP) is 5.35. The zero-order chi connectivity index (χ0) is 23.4. The number of aliphatic carboxylic acids is 1. The Morgan fingerprint density at radius 2 is 1.36 bits per heavy atom. The van der Waals surface area contributed by atoms with E-state index in [-0.39, 0.29) is 22.4 Å². The lowest BCUT2D eigenvalue weighted by molar-refractivity contribution is -0.133. The zero-order valence-electron chi connectivity index (χ0n) is 17.6. The smallest absolute Gasteiger partial charge is 0.337 e. The zero-order valence-corrected chi connectivity index (χ0v) is 17.6.